The van der Waals surface area contributed by atoms with Crippen LogP contribution in [-0.2, 0) is 10.5 Å². The van der Waals surface area contributed by atoms with Crippen molar-refractivity contribution in [2.75, 3.05) is 12.4 Å². The van der Waals surface area contributed by atoms with E-state index >= 15 is 0 Å². The Bertz CT molecular complexity index is 673. The van der Waals surface area contributed by atoms with Crippen LogP contribution in [-0.4, -0.2) is 13.5 Å². The molecular weight excluding hydrogens is 395 g/mol. The van der Waals surface area contributed by atoms with Crippen molar-refractivity contribution in [2.45, 2.75) is 17.6 Å². The minimum absolute atomic E-state index is 0.164. The number of benzene rings is 2. The summed E-state index contributed by atoms with van der Waals surface area (Å²) in [5, 5.41) is 3.03. The summed E-state index contributed by atoms with van der Waals surface area (Å²) in [7, 11) is 1.81. The number of hydrogen-bond donors (Lipinski definition) is 4. The third-order valence-electron chi connectivity index (χ3n) is 2.99. The molecule has 0 spiro atoms. The third-order valence-corrected chi connectivity index (χ3v) is 5.02. The minimum Gasteiger partial charge on any atom is -0.388 e. The van der Waals surface area contributed by atoms with Crippen LogP contribution in [0.2, 0.25) is 0 Å². The number of thioether (sulfide) groups is 1. The number of hydrogen-bond acceptors (Lipinski definition) is 5. The molecule has 0 unspecified atom stereocenters. The first kappa shape index (κ1) is 20.4. The Balaban J connectivity index is 0.000000505. The van der Waals surface area contributed by atoms with Crippen LogP contribution in [0.4, 0.5) is 10.1 Å². The first-order chi connectivity index (χ1) is 11.5. The van der Waals surface area contributed by atoms with E-state index in [0.29, 0.717) is 17.7 Å². The van der Waals surface area contributed by atoms with Crippen molar-refractivity contribution < 1.29 is 9.18 Å². The van der Waals surface area contributed by atoms with E-state index in [0.717, 1.165) is 15.1 Å². The number of carbonyl (C=O) groups is 1. The van der Waals surface area contributed by atoms with Gasteiger partial charge in [0.2, 0.25) is 6.41 Å². The van der Waals surface area contributed by atoms with E-state index in [9.17, 15) is 4.39 Å². The fraction of sp³-hybridized carbons (Fsp3) is 0.188. The highest BCUT2D eigenvalue weighted by Gasteiger charge is 2.09. The smallest absolute Gasteiger partial charge is 0.222 e. The molecule has 130 valence electrons. The van der Waals surface area contributed by atoms with Crippen molar-refractivity contribution in [3.8, 4) is 0 Å². The van der Waals surface area contributed by atoms with Crippen LogP contribution in [0.15, 0.2) is 45.8 Å². The highest BCUT2D eigenvalue weighted by Crippen LogP contribution is 2.33. The van der Waals surface area contributed by atoms with Gasteiger partial charge in [0.15, 0.2) is 0 Å². The van der Waals surface area contributed by atoms with Crippen LogP contribution in [0.3, 0.4) is 0 Å². The molecule has 0 atom stereocenters. The Morgan fingerprint density at radius 1 is 1.33 bits per heavy atom. The molecule has 2 aromatic rings. The van der Waals surface area contributed by atoms with Gasteiger partial charge in [-0.15, -0.1) is 11.8 Å². The molecule has 2 aromatic carbocycles. The van der Waals surface area contributed by atoms with Gasteiger partial charge in [-0.3, -0.25) is 16.1 Å². The van der Waals surface area contributed by atoms with Gasteiger partial charge in [0.05, 0.1) is 0 Å². The maximum absolute atomic E-state index is 13.9. The second-order valence-corrected chi connectivity index (χ2v) is 6.52. The predicted octanol–water partition coefficient (Wildman–Crippen LogP) is 3.34. The van der Waals surface area contributed by atoms with Crippen molar-refractivity contribution in [3.63, 3.8) is 0 Å². The Hall–Kier alpha value is -1.61. The number of rotatable bonds is 6. The zero-order chi connectivity index (χ0) is 17.9. The normalized spacial score (nSPS) is 9.71. The largest absolute Gasteiger partial charge is 0.388 e. The molecule has 24 heavy (non-hydrogen) atoms. The molecule has 0 saturated carbocycles. The lowest BCUT2D eigenvalue weighted by Gasteiger charge is -2.11. The van der Waals surface area contributed by atoms with Crippen molar-refractivity contribution >= 4 is 39.8 Å². The molecule has 0 aromatic heterocycles. The second kappa shape index (κ2) is 11.0. The summed E-state index contributed by atoms with van der Waals surface area (Å²) in [4.78, 5) is 10.3. The van der Waals surface area contributed by atoms with Gasteiger partial charge in [0, 0.05) is 33.4 Å². The third kappa shape index (κ3) is 6.48. The molecule has 8 heteroatoms. The molecule has 2 rings (SSSR count). The molecule has 0 fully saturated rings. The second-order valence-electron chi connectivity index (χ2n) is 4.65. The van der Waals surface area contributed by atoms with E-state index in [4.69, 9.17) is 4.79 Å². The number of nitrogens with one attached hydrogen (secondary N) is 3. The Morgan fingerprint density at radius 2 is 2.08 bits per heavy atom. The van der Waals surface area contributed by atoms with E-state index in [-0.39, 0.29) is 5.82 Å². The summed E-state index contributed by atoms with van der Waals surface area (Å²) >= 11 is 5.16. The standard InChI is InChI=1S/C15H15BrFNS.CH5N3O/c1-10-6-7-12(16)15(8-10)19-9-11-13(17)4-3-5-14(11)18-2;2-4-3-1-5/h3-8,18H,9H2,1-2H3;1,4H,2H2,(H,3,5). The van der Waals surface area contributed by atoms with Crippen molar-refractivity contribution in [2.24, 2.45) is 5.84 Å². The SMILES string of the molecule is CNc1cccc(F)c1CSc1cc(C)ccc1Br.NNNC=O. The van der Waals surface area contributed by atoms with Gasteiger partial charge in [-0.25, -0.2) is 4.39 Å². The summed E-state index contributed by atoms with van der Waals surface area (Å²) in [5.41, 5.74) is 6.61. The maximum Gasteiger partial charge on any atom is 0.222 e. The van der Waals surface area contributed by atoms with Crippen LogP contribution in [0.25, 0.3) is 0 Å². The molecule has 0 radical (unpaired) electrons. The number of halogens is 2. The maximum atomic E-state index is 13.9. The van der Waals surface area contributed by atoms with Crippen LogP contribution in [0, 0.1) is 12.7 Å². The predicted molar refractivity (Wildman–Crippen MR) is 101 cm³/mol. The molecule has 0 aliphatic heterocycles. The van der Waals surface area contributed by atoms with E-state index in [1.807, 2.05) is 30.1 Å². The van der Waals surface area contributed by atoms with Gasteiger partial charge >= 0.3 is 0 Å². The van der Waals surface area contributed by atoms with Gasteiger partial charge in [-0.05, 0) is 52.7 Å². The minimum atomic E-state index is -0.164. The number of hydrazine groups is 2. The summed E-state index contributed by atoms with van der Waals surface area (Å²) < 4.78 is 14.9. The van der Waals surface area contributed by atoms with E-state index in [2.05, 4.69) is 46.1 Å². The van der Waals surface area contributed by atoms with Crippen molar-refractivity contribution in [1.82, 2.24) is 11.0 Å². The molecule has 5 N–H and O–H groups in total. The zero-order valence-electron chi connectivity index (χ0n) is 13.4. The van der Waals surface area contributed by atoms with Crippen molar-refractivity contribution in [1.29, 1.82) is 0 Å². The van der Waals surface area contributed by atoms with E-state index in [1.54, 1.807) is 17.8 Å². The van der Waals surface area contributed by atoms with E-state index < -0.39 is 0 Å². The fourth-order valence-electron chi connectivity index (χ4n) is 1.84. The number of aryl methyl sites for hydroxylation is 1. The lowest BCUT2D eigenvalue weighted by Crippen LogP contribution is -2.36. The molecule has 0 bridgehead atoms. The first-order valence-corrected chi connectivity index (χ1v) is 8.80. The van der Waals surface area contributed by atoms with Crippen LogP contribution >= 0.6 is 27.7 Å². The van der Waals surface area contributed by atoms with Crippen LogP contribution in [0.1, 0.15) is 11.1 Å². The lowest BCUT2D eigenvalue weighted by atomic mass is 10.2. The van der Waals surface area contributed by atoms with Crippen LogP contribution in [0.5, 0.6) is 0 Å². The molecule has 0 saturated heterocycles. The molecule has 1 amide bonds. The Morgan fingerprint density at radius 3 is 2.67 bits per heavy atom. The topological polar surface area (TPSA) is 79.2 Å². The number of amides is 1. The van der Waals surface area contributed by atoms with E-state index in [1.165, 1.54) is 11.6 Å². The number of anilines is 1. The van der Waals surface area contributed by atoms with Gasteiger partial charge in [0.1, 0.15) is 5.82 Å². The van der Waals surface area contributed by atoms with Gasteiger partial charge in [-0.1, -0.05) is 12.1 Å². The number of carbonyl (C=O) groups excluding carboxylic acids is 1. The molecule has 5 nitrogen and oxygen atoms in total. The highest BCUT2D eigenvalue weighted by atomic mass is 79.9. The summed E-state index contributed by atoms with van der Waals surface area (Å²) in [6.45, 7) is 2.05. The number of nitrogens with two attached hydrogens (primary N) is 1. The zero-order valence-corrected chi connectivity index (χ0v) is 15.8. The van der Waals surface area contributed by atoms with Gasteiger partial charge < -0.3 is 5.32 Å². The molecular formula is C16H20BrFN4OS. The molecule has 0 aliphatic rings. The summed E-state index contributed by atoms with van der Waals surface area (Å²) in [5.74, 6) is 4.98. The quantitative estimate of drug-likeness (QED) is 0.252. The Kier molecular flexibility index (Phi) is 9.39. The molecule has 0 heterocycles. The summed E-state index contributed by atoms with van der Waals surface area (Å²) in [6.07, 6.45) is 0.444. The first-order valence-electron chi connectivity index (χ1n) is 7.02. The van der Waals surface area contributed by atoms with Gasteiger partial charge in [-0.2, -0.15) is 5.53 Å². The molecule has 0 aliphatic carbocycles. The average Bonchev–Trinajstić information content (AvgIpc) is 2.57. The monoisotopic (exact) mass is 414 g/mol. The summed E-state index contributed by atoms with van der Waals surface area (Å²) in [6, 6.07) is 11.3. The van der Waals surface area contributed by atoms with Crippen molar-refractivity contribution in [3.05, 3.63) is 57.8 Å². The Labute approximate surface area is 153 Å². The van der Waals surface area contributed by atoms with Crippen LogP contribution < -0.4 is 22.1 Å². The van der Waals surface area contributed by atoms with Gasteiger partial charge in [0.25, 0.3) is 0 Å². The highest BCUT2D eigenvalue weighted by molar-refractivity contribution is 9.10. The average molecular weight is 415 g/mol. The fourth-order valence-corrected chi connectivity index (χ4v) is 3.50. The lowest BCUT2D eigenvalue weighted by molar-refractivity contribution is -0.110.